The van der Waals surface area contributed by atoms with E-state index in [9.17, 15) is 14.7 Å². The van der Waals surface area contributed by atoms with Gasteiger partial charge in [0.25, 0.3) is 5.91 Å². The molecular formula is C12H15N3O3S. The van der Waals surface area contributed by atoms with Gasteiger partial charge in [-0.1, -0.05) is 26.0 Å². The Labute approximate surface area is 116 Å². The first-order chi connectivity index (χ1) is 8.91. The summed E-state index contributed by atoms with van der Waals surface area (Å²) in [6.45, 7) is 3.44. The summed E-state index contributed by atoms with van der Waals surface area (Å²) in [5.74, 6) is -1.17. The van der Waals surface area contributed by atoms with Crippen LogP contribution < -0.4 is 16.2 Å². The van der Waals surface area contributed by atoms with Crippen LogP contribution in [-0.4, -0.2) is 22.0 Å². The largest absolute Gasteiger partial charge is 0.507 e. The second-order valence-electron chi connectivity index (χ2n) is 4.07. The highest BCUT2D eigenvalue weighted by Gasteiger charge is 2.12. The summed E-state index contributed by atoms with van der Waals surface area (Å²) in [5.41, 5.74) is 4.77. The summed E-state index contributed by atoms with van der Waals surface area (Å²) in [7, 11) is 0. The van der Waals surface area contributed by atoms with Crippen molar-refractivity contribution in [1.29, 1.82) is 0 Å². The van der Waals surface area contributed by atoms with Crippen molar-refractivity contribution >= 4 is 29.1 Å². The van der Waals surface area contributed by atoms with Crippen LogP contribution in [0.4, 0.5) is 0 Å². The van der Waals surface area contributed by atoms with Crippen molar-refractivity contribution < 1.29 is 14.7 Å². The van der Waals surface area contributed by atoms with Crippen LogP contribution >= 0.6 is 12.2 Å². The van der Waals surface area contributed by atoms with Gasteiger partial charge >= 0.3 is 0 Å². The van der Waals surface area contributed by atoms with Crippen molar-refractivity contribution in [3.05, 3.63) is 29.8 Å². The molecule has 1 rings (SSSR count). The van der Waals surface area contributed by atoms with Gasteiger partial charge in [0.15, 0.2) is 5.11 Å². The maximum absolute atomic E-state index is 11.7. The van der Waals surface area contributed by atoms with Crippen LogP contribution in [0.5, 0.6) is 5.75 Å². The fraction of sp³-hybridized carbons (Fsp3) is 0.250. The third-order valence-corrected chi connectivity index (χ3v) is 2.40. The number of carbonyl (C=O) groups is 2. The maximum atomic E-state index is 11.7. The van der Waals surface area contributed by atoms with E-state index in [-0.39, 0.29) is 28.3 Å². The Morgan fingerprint density at radius 2 is 1.84 bits per heavy atom. The average molecular weight is 281 g/mol. The quantitative estimate of drug-likeness (QED) is 0.473. The smallest absolute Gasteiger partial charge is 0.273 e. The van der Waals surface area contributed by atoms with Crippen LogP contribution in [0.1, 0.15) is 24.2 Å². The molecule has 0 radical (unpaired) electrons. The van der Waals surface area contributed by atoms with Crippen molar-refractivity contribution in [2.45, 2.75) is 13.8 Å². The number of rotatable bonds is 2. The van der Waals surface area contributed by atoms with Crippen molar-refractivity contribution in [2.75, 3.05) is 0 Å². The summed E-state index contributed by atoms with van der Waals surface area (Å²) in [4.78, 5) is 23.0. The molecule has 4 N–H and O–H groups in total. The molecule has 0 saturated heterocycles. The molecule has 1 aromatic carbocycles. The van der Waals surface area contributed by atoms with E-state index in [1.165, 1.54) is 12.1 Å². The highest BCUT2D eigenvalue weighted by atomic mass is 32.1. The zero-order chi connectivity index (χ0) is 14.4. The average Bonchev–Trinajstić information content (AvgIpc) is 2.36. The van der Waals surface area contributed by atoms with Gasteiger partial charge in [0.05, 0.1) is 5.56 Å². The van der Waals surface area contributed by atoms with Crippen LogP contribution in [0, 0.1) is 5.92 Å². The Morgan fingerprint density at radius 3 is 2.42 bits per heavy atom. The van der Waals surface area contributed by atoms with E-state index >= 15 is 0 Å². The lowest BCUT2D eigenvalue weighted by atomic mass is 10.2. The monoisotopic (exact) mass is 281 g/mol. The molecule has 0 aliphatic rings. The zero-order valence-electron chi connectivity index (χ0n) is 10.6. The Balaban J connectivity index is 2.49. The Morgan fingerprint density at radius 1 is 1.21 bits per heavy atom. The highest BCUT2D eigenvalue weighted by Crippen LogP contribution is 2.14. The predicted molar refractivity (Wildman–Crippen MR) is 74.3 cm³/mol. The second kappa shape index (κ2) is 6.69. The third kappa shape index (κ3) is 4.55. The fourth-order valence-electron chi connectivity index (χ4n) is 1.13. The summed E-state index contributed by atoms with van der Waals surface area (Å²) in [5, 5.41) is 11.9. The molecule has 6 nitrogen and oxygen atoms in total. The molecule has 0 aliphatic carbocycles. The Bertz CT molecular complexity index is 503. The van der Waals surface area contributed by atoms with Crippen LogP contribution in [0.3, 0.4) is 0 Å². The second-order valence-corrected chi connectivity index (χ2v) is 4.48. The summed E-state index contributed by atoms with van der Waals surface area (Å²) < 4.78 is 0. The van der Waals surface area contributed by atoms with Crippen molar-refractivity contribution in [3.8, 4) is 5.75 Å². The molecule has 0 fully saturated rings. The normalized spacial score (nSPS) is 9.84. The number of carbonyl (C=O) groups excluding carboxylic acids is 2. The van der Waals surface area contributed by atoms with Crippen LogP contribution in [0.25, 0.3) is 0 Å². The predicted octanol–water partition coefficient (Wildman–Crippen LogP) is 0.684. The maximum Gasteiger partial charge on any atom is 0.273 e. The van der Waals surface area contributed by atoms with Crippen LogP contribution in [0.15, 0.2) is 24.3 Å². The topological polar surface area (TPSA) is 90.5 Å². The van der Waals surface area contributed by atoms with Gasteiger partial charge in [0.2, 0.25) is 5.91 Å². The van der Waals surface area contributed by atoms with Gasteiger partial charge in [-0.25, -0.2) is 0 Å². The molecule has 7 heteroatoms. The lowest BCUT2D eigenvalue weighted by molar-refractivity contribution is -0.122. The van der Waals surface area contributed by atoms with Gasteiger partial charge in [-0.15, -0.1) is 0 Å². The molecule has 0 unspecified atom stereocenters. The van der Waals surface area contributed by atoms with Gasteiger partial charge < -0.3 is 10.4 Å². The van der Waals surface area contributed by atoms with Crippen molar-refractivity contribution in [3.63, 3.8) is 0 Å². The number of nitrogens with one attached hydrogen (secondary N) is 3. The number of aromatic hydroxyl groups is 1. The van der Waals surface area contributed by atoms with Gasteiger partial charge in [0.1, 0.15) is 5.75 Å². The van der Waals surface area contributed by atoms with E-state index < -0.39 is 5.91 Å². The standard InChI is InChI=1S/C12H15N3O3S/c1-7(2)10(17)13-12(19)15-14-11(18)8-5-3-4-6-9(8)16/h3-7,16H,1-2H3,(H,14,18)(H2,13,15,17,19). The number of phenols is 1. The van der Waals surface area contributed by atoms with E-state index in [0.29, 0.717) is 0 Å². The Hall–Kier alpha value is -2.15. The molecule has 19 heavy (non-hydrogen) atoms. The van der Waals surface area contributed by atoms with Crippen molar-refractivity contribution in [1.82, 2.24) is 16.2 Å². The van der Waals surface area contributed by atoms with E-state index in [1.54, 1.807) is 26.0 Å². The molecule has 0 heterocycles. The molecule has 0 saturated carbocycles. The minimum Gasteiger partial charge on any atom is -0.507 e. The summed E-state index contributed by atoms with van der Waals surface area (Å²) in [6.07, 6.45) is 0. The SMILES string of the molecule is CC(C)C(=O)NC(=S)NNC(=O)c1ccccc1O. The highest BCUT2D eigenvalue weighted by molar-refractivity contribution is 7.80. The van der Waals surface area contributed by atoms with Gasteiger partial charge in [-0.2, -0.15) is 0 Å². The van der Waals surface area contributed by atoms with E-state index in [4.69, 9.17) is 12.2 Å². The van der Waals surface area contributed by atoms with Crippen LogP contribution in [-0.2, 0) is 4.79 Å². The first kappa shape index (κ1) is 14.9. The van der Waals surface area contributed by atoms with E-state index in [1.807, 2.05) is 0 Å². The number of phenolic OH excluding ortho intramolecular Hbond substituents is 1. The molecule has 0 bridgehead atoms. The molecule has 0 spiro atoms. The molecule has 0 aromatic heterocycles. The first-order valence-corrected chi connectivity index (χ1v) is 6.01. The lowest BCUT2D eigenvalue weighted by Gasteiger charge is -2.12. The van der Waals surface area contributed by atoms with Gasteiger partial charge in [-0.3, -0.25) is 20.4 Å². The molecular weight excluding hydrogens is 266 g/mol. The van der Waals surface area contributed by atoms with Gasteiger partial charge in [-0.05, 0) is 24.4 Å². The number of benzene rings is 1. The zero-order valence-corrected chi connectivity index (χ0v) is 11.4. The van der Waals surface area contributed by atoms with Gasteiger partial charge in [0, 0.05) is 5.92 Å². The number of hydrogen-bond acceptors (Lipinski definition) is 4. The van der Waals surface area contributed by atoms with E-state index in [0.717, 1.165) is 0 Å². The fourth-order valence-corrected chi connectivity index (χ4v) is 1.29. The minimum absolute atomic E-state index is 0.0116. The number of hydrogen-bond donors (Lipinski definition) is 4. The third-order valence-electron chi connectivity index (χ3n) is 2.20. The van der Waals surface area contributed by atoms with Crippen molar-refractivity contribution in [2.24, 2.45) is 5.92 Å². The molecule has 102 valence electrons. The minimum atomic E-state index is -0.556. The molecule has 0 aliphatic heterocycles. The number of thiocarbonyl (C=S) groups is 1. The molecule has 2 amide bonds. The van der Waals surface area contributed by atoms with E-state index in [2.05, 4.69) is 16.2 Å². The number of amides is 2. The molecule has 1 aromatic rings. The summed E-state index contributed by atoms with van der Waals surface area (Å²) in [6, 6.07) is 6.08. The first-order valence-electron chi connectivity index (χ1n) is 5.61. The Kier molecular flexibility index (Phi) is 5.25. The lowest BCUT2D eigenvalue weighted by Crippen LogP contribution is -2.49. The summed E-state index contributed by atoms with van der Waals surface area (Å²) >= 11 is 4.83. The number of hydrazine groups is 1. The molecule has 0 atom stereocenters. The number of para-hydroxylation sites is 1. The van der Waals surface area contributed by atoms with Crippen LogP contribution in [0.2, 0.25) is 0 Å².